The van der Waals surface area contributed by atoms with Gasteiger partial charge in [0, 0.05) is 15.5 Å². The number of nitrogens with zero attached hydrogens (tertiary/aromatic N) is 1. The highest BCUT2D eigenvalue weighted by Gasteiger charge is 2.16. The first-order valence-corrected chi connectivity index (χ1v) is 7.58. The van der Waals surface area contributed by atoms with Crippen molar-refractivity contribution < 1.29 is 14.3 Å². The van der Waals surface area contributed by atoms with Crippen molar-refractivity contribution in [1.82, 2.24) is 10.2 Å². The predicted octanol–water partition coefficient (Wildman–Crippen LogP) is 3.12. The number of hydrogen-bond donors (Lipinski definition) is 2. The Morgan fingerprint density at radius 3 is 2.65 bits per heavy atom. The van der Waals surface area contributed by atoms with Gasteiger partial charge in [-0.15, -0.1) is 0 Å². The molecule has 7 heteroatoms. The van der Waals surface area contributed by atoms with Gasteiger partial charge >= 0.3 is 5.97 Å². The third-order valence-electron chi connectivity index (χ3n) is 3.13. The number of hydrogen-bond acceptors (Lipinski definition) is 4. The van der Waals surface area contributed by atoms with Crippen LogP contribution in [-0.2, 0) is 9.53 Å². The number of nitrogens with one attached hydrogen (secondary N) is 2. The standard InChI is InChI=1S/C16H12BrN3O3/c17-10-5-7-11(8-6-10)18-14(21)9-23-16(22)15-12-3-1-2-4-13(12)19-20-15/h1-8H,9H2,(H,18,21)(H,19,20). The fourth-order valence-corrected chi connectivity index (χ4v) is 2.31. The van der Waals surface area contributed by atoms with Gasteiger partial charge in [0.2, 0.25) is 0 Å². The highest BCUT2D eigenvalue weighted by molar-refractivity contribution is 9.10. The molecule has 0 unspecified atom stereocenters. The number of carbonyl (C=O) groups excluding carboxylic acids is 2. The second-order valence-corrected chi connectivity index (χ2v) is 5.66. The number of benzene rings is 2. The molecule has 6 nitrogen and oxygen atoms in total. The van der Waals surface area contributed by atoms with E-state index >= 15 is 0 Å². The lowest BCUT2D eigenvalue weighted by atomic mass is 10.2. The molecule has 0 aliphatic heterocycles. The first-order chi connectivity index (χ1) is 11.1. The van der Waals surface area contributed by atoms with Gasteiger partial charge in [-0.1, -0.05) is 34.1 Å². The molecule has 3 aromatic rings. The number of ether oxygens (including phenoxy) is 1. The smallest absolute Gasteiger partial charge is 0.359 e. The third-order valence-corrected chi connectivity index (χ3v) is 3.65. The van der Waals surface area contributed by atoms with E-state index in [0.29, 0.717) is 11.1 Å². The summed E-state index contributed by atoms with van der Waals surface area (Å²) in [4.78, 5) is 23.8. The Bertz CT molecular complexity index is 858. The van der Waals surface area contributed by atoms with Gasteiger partial charge in [-0.25, -0.2) is 4.79 Å². The maximum atomic E-state index is 12.0. The Morgan fingerprint density at radius 1 is 1.13 bits per heavy atom. The van der Waals surface area contributed by atoms with Gasteiger partial charge in [0.05, 0.1) is 5.52 Å². The molecular formula is C16H12BrN3O3. The molecule has 2 N–H and O–H groups in total. The van der Waals surface area contributed by atoms with Crippen molar-refractivity contribution >= 4 is 44.4 Å². The van der Waals surface area contributed by atoms with Crippen molar-refractivity contribution in [2.45, 2.75) is 0 Å². The molecule has 116 valence electrons. The van der Waals surface area contributed by atoms with E-state index in [1.165, 1.54) is 0 Å². The summed E-state index contributed by atoms with van der Waals surface area (Å²) in [5, 5.41) is 9.98. The van der Waals surface area contributed by atoms with Crippen LogP contribution in [0.25, 0.3) is 10.9 Å². The first kappa shape index (κ1) is 15.2. The zero-order valence-electron chi connectivity index (χ0n) is 11.9. The van der Waals surface area contributed by atoms with E-state index in [9.17, 15) is 9.59 Å². The molecule has 3 rings (SSSR count). The molecule has 0 bridgehead atoms. The minimum Gasteiger partial charge on any atom is -0.451 e. The van der Waals surface area contributed by atoms with Gasteiger partial charge < -0.3 is 10.1 Å². The van der Waals surface area contributed by atoms with Crippen LogP contribution in [-0.4, -0.2) is 28.7 Å². The van der Waals surface area contributed by atoms with E-state index in [2.05, 4.69) is 31.4 Å². The Morgan fingerprint density at radius 2 is 1.87 bits per heavy atom. The van der Waals surface area contributed by atoms with E-state index < -0.39 is 11.9 Å². The Labute approximate surface area is 140 Å². The molecule has 0 saturated heterocycles. The van der Waals surface area contributed by atoms with Crippen molar-refractivity contribution in [2.24, 2.45) is 0 Å². The van der Waals surface area contributed by atoms with Gasteiger partial charge in [-0.3, -0.25) is 9.89 Å². The maximum absolute atomic E-state index is 12.0. The molecule has 1 aromatic heterocycles. The highest BCUT2D eigenvalue weighted by Crippen LogP contribution is 2.16. The van der Waals surface area contributed by atoms with Crippen molar-refractivity contribution in [3.05, 3.63) is 58.7 Å². The van der Waals surface area contributed by atoms with Crippen LogP contribution in [0, 0.1) is 0 Å². The third kappa shape index (κ3) is 3.57. The lowest BCUT2D eigenvalue weighted by Gasteiger charge is -2.06. The SMILES string of the molecule is O=C(COC(=O)c1n[nH]c2ccccc12)Nc1ccc(Br)cc1. The Hall–Kier alpha value is -2.67. The molecule has 23 heavy (non-hydrogen) atoms. The number of halogens is 1. The number of H-pyrrole nitrogens is 1. The Balaban J connectivity index is 1.60. The second kappa shape index (κ2) is 6.62. The van der Waals surface area contributed by atoms with Crippen LogP contribution in [0.3, 0.4) is 0 Å². The van der Waals surface area contributed by atoms with Gasteiger partial charge in [-0.05, 0) is 30.3 Å². The summed E-state index contributed by atoms with van der Waals surface area (Å²) < 4.78 is 5.92. The first-order valence-electron chi connectivity index (χ1n) is 6.79. The van der Waals surface area contributed by atoms with E-state index in [-0.39, 0.29) is 12.3 Å². The van der Waals surface area contributed by atoms with Crippen LogP contribution in [0.15, 0.2) is 53.0 Å². The van der Waals surface area contributed by atoms with Gasteiger partial charge in [0.15, 0.2) is 12.3 Å². The lowest BCUT2D eigenvalue weighted by molar-refractivity contribution is -0.119. The van der Waals surface area contributed by atoms with E-state index in [4.69, 9.17) is 4.74 Å². The van der Waals surface area contributed by atoms with Crippen molar-refractivity contribution in [2.75, 3.05) is 11.9 Å². The molecule has 0 atom stereocenters. The molecular weight excluding hydrogens is 362 g/mol. The number of fused-ring (bicyclic) bond motifs is 1. The number of para-hydroxylation sites is 1. The van der Waals surface area contributed by atoms with Gasteiger partial charge in [0.1, 0.15) is 0 Å². The summed E-state index contributed by atoms with van der Waals surface area (Å²) in [6, 6.07) is 14.3. The molecule has 0 saturated carbocycles. The number of amides is 1. The molecule has 0 fully saturated rings. The number of rotatable bonds is 4. The summed E-state index contributed by atoms with van der Waals surface area (Å²) in [7, 11) is 0. The van der Waals surface area contributed by atoms with Crippen molar-refractivity contribution in [3.63, 3.8) is 0 Å². The van der Waals surface area contributed by atoms with E-state index in [1.807, 2.05) is 6.07 Å². The number of esters is 1. The summed E-state index contributed by atoms with van der Waals surface area (Å²) in [5.74, 6) is -1.06. The average Bonchev–Trinajstić information content (AvgIpc) is 2.99. The quantitative estimate of drug-likeness (QED) is 0.688. The summed E-state index contributed by atoms with van der Waals surface area (Å²) >= 11 is 3.31. The predicted molar refractivity (Wildman–Crippen MR) is 89.1 cm³/mol. The molecule has 1 heterocycles. The van der Waals surface area contributed by atoms with Crippen LogP contribution in [0.5, 0.6) is 0 Å². The molecule has 1 amide bonds. The maximum Gasteiger partial charge on any atom is 0.359 e. The van der Waals surface area contributed by atoms with Crippen LogP contribution >= 0.6 is 15.9 Å². The topological polar surface area (TPSA) is 84.1 Å². The number of carbonyl (C=O) groups is 2. The summed E-state index contributed by atoms with van der Waals surface area (Å²) in [6.45, 7) is -0.379. The van der Waals surface area contributed by atoms with Gasteiger partial charge in [0.25, 0.3) is 5.91 Å². The monoisotopic (exact) mass is 373 g/mol. The second-order valence-electron chi connectivity index (χ2n) is 4.75. The zero-order chi connectivity index (χ0) is 16.2. The number of anilines is 1. The molecule has 0 radical (unpaired) electrons. The normalized spacial score (nSPS) is 10.5. The molecule has 2 aromatic carbocycles. The number of aromatic amines is 1. The Kier molecular flexibility index (Phi) is 4.38. The highest BCUT2D eigenvalue weighted by atomic mass is 79.9. The summed E-state index contributed by atoms with van der Waals surface area (Å²) in [5.41, 5.74) is 1.52. The largest absolute Gasteiger partial charge is 0.451 e. The average molecular weight is 374 g/mol. The van der Waals surface area contributed by atoms with Crippen LogP contribution in [0.2, 0.25) is 0 Å². The fourth-order valence-electron chi connectivity index (χ4n) is 2.05. The minimum atomic E-state index is -0.645. The zero-order valence-corrected chi connectivity index (χ0v) is 13.5. The molecule has 0 spiro atoms. The van der Waals surface area contributed by atoms with Crippen molar-refractivity contribution in [3.8, 4) is 0 Å². The van der Waals surface area contributed by atoms with Crippen molar-refractivity contribution in [1.29, 1.82) is 0 Å². The fraction of sp³-hybridized carbons (Fsp3) is 0.0625. The van der Waals surface area contributed by atoms with Crippen LogP contribution in [0.4, 0.5) is 5.69 Å². The molecule has 0 aliphatic carbocycles. The summed E-state index contributed by atoms with van der Waals surface area (Å²) in [6.07, 6.45) is 0. The van der Waals surface area contributed by atoms with Crippen LogP contribution < -0.4 is 5.32 Å². The number of aromatic nitrogens is 2. The van der Waals surface area contributed by atoms with E-state index in [0.717, 1.165) is 9.99 Å². The molecule has 0 aliphatic rings. The van der Waals surface area contributed by atoms with Gasteiger partial charge in [-0.2, -0.15) is 5.10 Å². The lowest BCUT2D eigenvalue weighted by Crippen LogP contribution is -2.21. The van der Waals surface area contributed by atoms with Crippen LogP contribution in [0.1, 0.15) is 10.5 Å². The minimum absolute atomic E-state index is 0.164. The van der Waals surface area contributed by atoms with E-state index in [1.54, 1.807) is 42.5 Å².